The summed E-state index contributed by atoms with van der Waals surface area (Å²) in [5.41, 5.74) is 1.16. The van der Waals surface area contributed by atoms with Gasteiger partial charge in [0, 0.05) is 5.56 Å². The highest BCUT2D eigenvalue weighted by atomic mass is 16.1. The summed E-state index contributed by atoms with van der Waals surface area (Å²) < 4.78 is 0. The van der Waals surface area contributed by atoms with Crippen LogP contribution in [0.2, 0.25) is 0 Å². The van der Waals surface area contributed by atoms with Crippen molar-refractivity contribution in [2.75, 3.05) is 0 Å². The van der Waals surface area contributed by atoms with Gasteiger partial charge in [0.25, 0.3) is 5.91 Å². The van der Waals surface area contributed by atoms with Gasteiger partial charge in [-0.05, 0) is 18.2 Å². The summed E-state index contributed by atoms with van der Waals surface area (Å²) in [6.07, 6.45) is 0.630. The van der Waals surface area contributed by atoms with Gasteiger partial charge in [-0.1, -0.05) is 36.4 Å². The normalized spacial score (nSPS) is 10.4. The number of benzene rings is 2. The molecule has 0 heterocycles. The fourth-order valence-corrected chi connectivity index (χ4v) is 1.45. The van der Waals surface area contributed by atoms with Crippen LogP contribution in [0, 0.1) is 0 Å². The van der Waals surface area contributed by atoms with Crippen LogP contribution in [0.3, 0.4) is 0 Å². The van der Waals surface area contributed by atoms with Crippen LogP contribution in [0.5, 0.6) is 0 Å². The summed E-state index contributed by atoms with van der Waals surface area (Å²) in [4.78, 5) is 22.6. The second kappa shape index (κ2) is 5.63. The molecule has 2 aromatic carbocycles. The number of nitrogens with zero attached hydrogens (tertiary/aromatic N) is 2. The molecule has 1 amide bonds. The van der Waals surface area contributed by atoms with Gasteiger partial charge >= 0.3 is 0 Å². The number of rotatable bonds is 3. The molecule has 0 unspecified atom stereocenters. The van der Waals surface area contributed by atoms with E-state index in [1.807, 2.05) is 6.07 Å². The molecule has 2 rings (SSSR count). The number of amides is 1. The van der Waals surface area contributed by atoms with Gasteiger partial charge in [-0.2, -0.15) is 0 Å². The number of carbonyl (C=O) groups is 2. The maximum atomic E-state index is 11.8. The van der Waals surface area contributed by atoms with Crippen LogP contribution in [0.1, 0.15) is 20.7 Å². The molecule has 4 heteroatoms. The highest BCUT2D eigenvalue weighted by Crippen LogP contribution is 2.13. The predicted octanol–water partition coefficient (Wildman–Crippen LogP) is 3.42. The Bertz CT molecular complexity index is 592. The van der Waals surface area contributed by atoms with E-state index in [1.54, 1.807) is 48.5 Å². The molecule has 4 nitrogen and oxygen atoms in total. The van der Waals surface area contributed by atoms with Crippen molar-refractivity contribution in [3.63, 3.8) is 0 Å². The van der Waals surface area contributed by atoms with Crippen LogP contribution in [0.15, 0.2) is 64.8 Å². The van der Waals surface area contributed by atoms with E-state index in [9.17, 15) is 9.59 Å². The monoisotopic (exact) mass is 238 g/mol. The first-order chi connectivity index (χ1) is 8.81. The Morgan fingerprint density at radius 3 is 2.33 bits per heavy atom. The first kappa shape index (κ1) is 11.9. The summed E-state index contributed by atoms with van der Waals surface area (Å²) in [5, 5.41) is 7.42. The minimum atomic E-state index is -0.526. The van der Waals surface area contributed by atoms with Crippen molar-refractivity contribution in [2.24, 2.45) is 10.2 Å². The van der Waals surface area contributed by atoms with Gasteiger partial charge in [-0.25, -0.2) is 0 Å². The molecule has 0 radical (unpaired) electrons. The average Bonchev–Trinajstić information content (AvgIpc) is 2.45. The molecular formula is C14H10N2O2. The van der Waals surface area contributed by atoms with Crippen molar-refractivity contribution in [3.05, 3.63) is 65.7 Å². The van der Waals surface area contributed by atoms with E-state index in [0.717, 1.165) is 0 Å². The van der Waals surface area contributed by atoms with Crippen LogP contribution in [-0.4, -0.2) is 12.2 Å². The molecule has 0 saturated heterocycles. The standard InChI is InChI=1S/C14H10N2O2/c17-10-11-6-4-5-9-13(11)14(18)16-15-12-7-2-1-3-8-12/h1-10H. The second-order valence-corrected chi connectivity index (χ2v) is 3.55. The van der Waals surface area contributed by atoms with Gasteiger partial charge in [0.05, 0.1) is 11.3 Å². The summed E-state index contributed by atoms with van der Waals surface area (Å²) in [7, 11) is 0. The Hall–Kier alpha value is -2.62. The largest absolute Gasteiger partial charge is 0.298 e. The quantitative estimate of drug-likeness (QED) is 0.607. The Labute approximate surface area is 104 Å². The fraction of sp³-hybridized carbons (Fsp3) is 0. The van der Waals surface area contributed by atoms with Crippen molar-refractivity contribution in [2.45, 2.75) is 0 Å². The molecule has 88 valence electrons. The predicted molar refractivity (Wildman–Crippen MR) is 67.1 cm³/mol. The van der Waals surface area contributed by atoms with Gasteiger partial charge in [-0.3, -0.25) is 9.59 Å². The molecule has 0 spiro atoms. The SMILES string of the molecule is O=Cc1ccccc1C(=O)N=Nc1ccccc1. The van der Waals surface area contributed by atoms with Crippen LogP contribution < -0.4 is 0 Å². The number of hydrogen-bond donors (Lipinski definition) is 0. The maximum absolute atomic E-state index is 11.8. The Morgan fingerprint density at radius 1 is 0.944 bits per heavy atom. The van der Waals surface area contributed by atoms with E-state index in [4.69, 9.17) is 0 Å². The van der Waals surface area contributed by atoms with Gasteiger partial charge in [0.2, 0.25) is 0 Å². The molecule has 0 aliphatic rings. The number of hydrogen-bond acceptors (Lipinski definition) is 3. The van der Waals surface area contributed by atoms with Gasteiger partial charge in [-0.15, -0.1) is 10.2 Å². The molecule has 2 aromatic rings. The number of aldehydes is 1. The van der Waals surface area contributed by atoms with Crippen LogP contribution >= 0.6 is 0 Å². The van der Waals surface area contributed by atoms with E-state index < -0.39 is 5.91 Å². The molecule has 0 atom stereocenters. The molecule has 0 bridgehead atoms. The smallest absolute Gasteiger partial charge is 0.296 e. The number of carbonyl (C=O) groups excluding carboxylic acids is 2. The maximum Gasteiger partial charge on any atom is 0.296 e. The Balaban J connectivity index is 2.22. The zero-order chi connectivity index (χ0) is 12.8. The summed E-state index contributed by atoms with van der Waals surface area (Å²) in [6.45, 7) is 0. The molecular weight excluding hydrogens is 228 g/mol. The molecule has 0 N–H and O–H groups in total. The van der Waals surface area contributed by atoms with Crippen molar-refractivity contribution >= 4 is 17.9 Å². The van der Waals surface area contributed by atoms with E-state index in [0.29, 0.717) is 17.5 Å². The molecule has 0 fully saturated rings. The molecule has 0 saturated carbocycles. The summed E-state index contributed by atoms with van der Waals surface area (Å²) in [6, 6.07) is 15.4. The zero-order valence-corrected chi connectivity index (χ0v) is 9.48. The lowest BCUT2D eigenvalue weighted by Gasteiger charge is -1.97. The minimum absolute atomic E-state index is 0.257. The third-order valence-corrected chi connectivity index (χ3v) is 2.33. The third kappa shape index (κ3) is 2.74. The zero-order valence-electron chi connectivity index (χ0n) is 9.48. The highest BCUT2D eigenvalue weighted by Gasteiger charge is 2.08. The lowest BCUT2D eigenvalue weighted by Crippen LogP contribution is -1.99. The van der Waals surface area contributed by atoms with Crippen molar-refractivity contribution in [1.29, 1.82) is 0 Å². The van der Waals surface area contributed by atoms with E-state index in [1.165, 1.54) is 0 Å². The molecule has 18 heavy (non-hydrogen) atoms. The average molecular weight is 238 g/mol. The van der Waals surface area contributed by atoms with Crippen LogP contribution in [0.4, 0.5) is 5.69 Å². The molecule has 0 aliphatic heterocycles. The van der Waals surface area contributed by atoms with E-state index in [2.05, 4.69) is 10.2 Å². The Morgan fingerprint density at radius 2 is 1.61 bits per heavy atom. The topological polar surface area (TPSA) is 58.9 Å². The lowest BCUT2D eigenvalue weighted by atomic mass is 10.1. The van der Waals surface area contributed by atoms with E-state index >= 15 is 0 Å². The summed E-state index contributed by atoms with van der Waals surface area (Å²) >= 11 is 0. The van der Waals surface area contributed by atoms with Crippen LogP contribution in [-0.2, 0) is 0 Å². The number of azo groups is 1. The van der Waals surface area contributed by atoms with Gasteiger partial charge in [0.15, 0.2) is 6.29 Å². The van der Waals surface area contributed by atoms with Crippen molar-refractivity contribution in [1.82, 2.24) is 0 Å². The van der Waals surface area contributed by atoms with E-state index in [-0.39, 0.29) is 5.56 Å². The second-order valence-electron chi connectivity index (χ2n) is 3.55. The first-order valence-corrected chi connectivity index (χ1v) is 5.36. The highest BCUT2D eigenvalue weighted by molar-refractivity contribution is 6.01. The van der Waals surface area contributed by atoms with Gasteiger partial charge in [0.1, 0.15) is 0 Å². The van der Waals surface area contributed by atoms with Crippen molar-refractivity contribution in [3.8, 4) is 0 Å². The fourth-order valence-electron chi connectivity index (χ4n) is 1.45. The molecule has 0 aromatic heterocycles. The van der Waals surface area contributed by atoms with Crippen molar-refractivity contribution < 1.29 is 9.59 Å². The lowest BCUT2D eigenvalue weighted by molar-refractivity contribution is 0.0988. The summed E-state index contributed by atoms with van der Waals surface area (Å²) in [5.74, 6) is -0.526. The minimum Gasteiger partial charge on any atom is -0.298 e. The third-order valence-electron chi connectivity index (χ3n) is 2.33. The van der Waals surface area contributed by atoms with Gasteiger partial charge < -0.3 is 0 Å². The first-order valence-electron chi connectivity index (χ1n) is 5.36. The molecule has 0 aliphatic carbocycles. The van der Waals surface area contributed by atoms with Crippen LogP contribution in [0.25, 0.3) is 0 Å². The Kier molecular flexibility index (Phi) is 3.71.